The topological polar surface area (TPSA) is 75.8 Å². The molecule has 1 saturated heterocycles. The van der Waals surface area contributed by atoms with Crippen LogP contribution in [0.2, 0.25) is 0 Å². The molecule has 1 fully saturated rings. The van der Waals surface area contributed by atoms with Gasteiger partial charge in [-0.05, 0) is 18.9 Å². The molecule has 1 aliphatic heterocycles. The van der Waals surface area contributed by atoms with Gasteiger partial charge in [0.1, 0.15) is 5.71 Å². The molecule has 1 aromatic carbocycles. The van der Waals surface area contributed by atoms with Crippen molar-refractivity contribution < 1.29 is 9.72 Å². The van der Waals surface area contributed by atoms with Crippen LogP contribution < -0.4 is 0 Å². The molecule has 2 rings (SSSR count). The van der Waals surface area contributed by atoms with Gasteiger partial charge in [0.05, 0.1) is 10.5 Å². The van der Waals surface area contributed by atoms with Crippen molar-refractivity contribution in [3.63, 3.8) is 0 Å². The second-order valence-corrected chi connectivity index (χ2v) is 4.04. The zero-order chi connectivity index (χ0) is 13.0. The van der Waals surface area contributed by atoms with Gasteiger partial charge in [-0.2, -0.15) is 5.10 Å². The van der Waals surface area contributed by atoms with E-state index in [1.54, 1.807) is 23.2 Å². The highest BCUT2D eigenvalue weighted by molar-refractivity contribution is 6.37. The Morgan fingerprint density at radius 1 is 1.33 bits per heavy atom. The lowest BCUT2D eigenvalue weighted by atomic mass is 10.1. The van der Waals surface area contributed by atoms with Crippen molar-refractivity contribution in [2.45, 2.75) is 12.8 Å². The summed E-state index contributed by atoms with van der Waals surface area (Å²) in [5, 5.41) is 16.9. The van der Waals surface area contributed by atoms with E-state index in [0.717, 1.165) is 25.9 Å². The second kappa shape index (κ2) is 5.39. The first kappa shape index (κ1) is 12.2. The fourth-order valence-electron chi connectivity index (χ4n) is 1.94. The van der Waals surface area contributed by atoms with Crippen LogP contribution in [0.15, 0.2) is 29.4 Å². The summed E-state index contributed by atoms with van der Waals surface area (Å²) in [5.41, 5.74) is 0.288. The van der Waals surface area contributed by atoms with Gasteiger partial charge in [-0.25, -0.2) is 0 Å². The molecule has 1 aromatic rings. The molecule has 94 valence electrons. The Morgan fingerprint density at radius 2 is 2.00 bits per heavy atom. The van der Waals surface area contributed by atoms with E-state index in [2.05, 4.69) is 5.10 Å². The Labute approximate surface area is 104 Å². The van der Waals surface area contributed by atoms with Gasteiger partial charge in [0.25, 0.3) is 5.69 Å². The summed E-state index contributed by atoms with van der Waals surface area (Å²) >= 11 is 0. The number of para-hydroxylation sites is 1. The number of hydrogen-bond acceptors (Lipinski definition) is 5. The molecule has 0 radical (unpaired) electrons. The van der Waals surface area contributed by atoms with Crippen molar-refractivity contribution in [2.75, 3.05) is 13.1 Å². The average Bonchev–Trinajstić information content (AvgIpc) is 2.88. The normalized spacial score (nSPS) is 15.8. The number of benzene rings is 1. The van der Waals surface area contributed by atoms with Crippen LogP contribution in [0, 0.1) is 10.1 Å². The standard InChI is InChI=1S/C12H13N3O3/c16-9-11(13-14-7-3-4-8-14)10-5-1-2-6-12(10)15(17)18/h1-2,5-6,9H,3-4,7-8H2/b13-11+. The molecule has 0 amide bonds. The predicted octanol–water partition coefficient (Wildman–Crippen LogP) is 1.59. The summed E-state index contributed by atoms with van der Waals surface area (Å²) in [7, 11) is 0. The van der Waals surface area contributed by atoms with Crippen molar-refractivity contribution >= 4 is 17.7 Å². The Morgan fingerprint density at radius 3 is 2.61 bits per heavy atom. The largest absolute Gasteiger partial charge is 0.296 e. The minimum absolute atomic E-state index is 0.0949. The number of rotatable bonds is 4. The lowest BCUT2D eigenvalue weighted by Gasteiger charge is -2.11. The first-order valence-electron chi connectivity index (χ1n) is 5.75. The van der Waals surface area contributed by atoms with E-state index in [-0.39, 0.29) is 17.0 Å². The maximum atomic E-state index is 11.1. The van der Waals surface area contributed by atoms with E-state index in [0.29, 0.717) is 6.29 Å². The molecule has 0 bridgehead atoms. The zero-order valence-electron chi connectivity index (χ0n) is 9.78. The molecule has 0 aliphatic carbocycles. The fourth-order valence-corrected chi connectivity index (χ4v) is 1.94. The Hall–Kier alpha value is -2.24. The third kappa shape index (κ3) is 2.53. The molecule has 1 aliphatic rings. The monoisotopic (exact) mass is 247 g/mol. The van der Waals surface area contributed by atoms with Gasteiger partial charge >= 0.3 is 0 Å². The highest BCUT2D eigenvalue weighted by Crippen LogP contribution is 2.19. The van der Waals surface area contributed by atoms with Gasteiger partial charge in [-0.1, -0.05) is 12.1 Å². The van der Waals surface area contributed by atoms with Crippen LogP contribution in [0.4, 0.5) is 5.69 Å². The molecule has 0 saturated carbocycles. The van der Waals surface area contributed by atoms with Crippen molar-refractivity contribution in [1.82, 2.24) is 5.01 Å². The predicted molar refractivity (Wildman–Crippen MR) is 66.5 cm³/mol. The van der Waals surface area contributed by atoms with Crippen LogP contribution >= 0.6 is 0 Å². The SMILES string of the molecule is O=C/C(=N\N1CCCC1)c1ccccc1[N+](=O)[O-]. The molecule has 0 spiro atoms. The maximum absolute atomic E-state index is 11.1. The zero-order valence-corrected chi connectivity index (χ0v) is 9.78. The van der Waals surface area contributed by atoms with Gasteiger partial charge in [0, 0.05) is 19.2 Å². The van der Waals surface area contributed by atoms with Crippen LogP contribution in [0.3, 0.4) is 0 Å². The third-order valence-electron chi connectivity index (χ3n) is 2.82. The molecule has 0 aromatic heterocycles. The molecule has 18 heavy (non-hydrogen) atoms. The average molecular weight is 247 g/mol. The summed E-state index contributed by atoms with van der Waals surface area (Å²) < 4.78 is 0. The van der Waals surface area contributed by atoms with E-state index >= 15 is 0 Å². The number of hydrogen-bond donors (Lipinski definition) is 0. The number of hydrazone groups is 1. The minimum atomic E-state index is -0.502. The minimum Gasteiger partial charge on any atom is -0.296 e. The quantitative estimate of drug-likeness (QED) is 0.350. The Balaban J connectivity index is 2.38. The van der Waals surface area contributed by atoms with Crippen molar-refractivity contribution in [1.29, 1.82) is 0 Å². The summed E-state index contributed by atoms with van der Waals surface area (Å²) in [6.07, 6.45) is 2.64. The lowest BCUT2D eigenvalue weighted by Crippen LogP contribution is -2.17. The van der Waals surface area contributed by atoms with E-state index in [9.17, 15) is 14.9 Å². The van der Waals surface area contributed by atoms with Crippen molar-refractivity contribution in [3.05, 3.63) is 39.9 Å². The van der Waals surface area contributed by atoms with Crippen molar-refractivity contribution in [2.24, 2.45) is 5.10 Å². The molecule has 6 heteroatoms. The summed E-state index contributed by atoms with van der Waals surface area (Å²) in [5.74, 6) is 0. The van der Waals surface area contributed by atoms with Gasteiger partial charge in [-0.15, -0.1) is 0 Å². The molecular weight excluding hydrogens is 234 g/mol. The van der Waals surface area contributed by atoms with Gasteiger partial charge in [-0.3, -0.25) is 19.9 Å². The molecule has 0 unspecified atom stereocenters. The molecule has 0 N–H and O–H groups in total. The van der Waals surface area contributed by atoms with Gasteiger partial charge in [0.15, 0.2) is 6.29 Å². The van der Waals surface area contributed by atoms with Crippen LogP contribution in [-0.2, 0) is 4.79 Å². The van der Waals surface area contributed by atoms with E-state index < -0.39 is 4.92 Å². The number of carbonyl (C=O) groups is 1. The second-order valence-electron chi connectivity index (χ2n) is 4.04. The highest BCUT2D eigenvalue weighted by atomic mass is 16.6. The van der Waals surface area contributed by atoms with E-state index in [4.69, 9.17) is 0 Å². The van der Waals surface area contributed by atoms with Gasteiger partial charge < -0.3 is 0 Å². The summed E-state index contributed by atoms with van der Waals surface area (Å²) in [6.45, 7) is 1.58. The van der Waals surface area contributed by atoms with E-state index in [1.165, 1.54) is 6.07 Å². The molecule has 1 heterocycles. The molecular formula is C12H13N3O3. The summed E-state index contributed by atoms with van der Waals surface area (Å²) in [4.78, 5) is 21.5. The third-order valence-corrected chi connectivity index (χ3v) is 2.82. The van der Waals surface area contributed by atoms with Gasteiger partial charge in [0.2, 0.25) is 0 Å². The first-order chi connectivity index (χ1) is 8.72. The number of nitrogens with zero attached hydrogens (tertiary/aromatic N) is 3. The Bertz CT molecular complexity index is 493. The highest BCUT2D eigenvalue weighted by Gasteiger charge is 2.19. The van der Waals surface area contributed by atoms with Crippen LogP contribution in [-0.4, -0.2) is 35.0 Å². The summed E-state index contributed by atoms with van der Waals surface area (Å²) in [6, 6.07) is 6.14. The Kier molecular flexibility index (Phi) is 3.66. The lowest BCUT2D eigenvalue weighted by molar-refractivity contribution is -0.385. The molecule has 0 atom stereocenters. The first-order valence-corrected chi connectivity index (χ1v) is 5.75. The maximum Gasteiger partial charge on any atom is 0.278 e. The van der Waals surface area contributed by atoms with Crippen LogP contribution in [0.1, 0.15) is 18.4 Å². The fraction of sp³-hybridized carbons (Fsp3) is 0.333. The molecule has 6 nitrogen and oxygen atoms in total. The smallest absolute Gasteiger partial charge is 0.278 e. The van der Waals surface area contributed by atoms with Crippen molar-refractivity contribution in [3.8, 4) is 0 Å². The number of carbonyl (C=O) groups excluding carboxylic acids is 1. The van der Waals surface area contributed by atoms with Crippen LogP contribution in [0.5, 0.6) is 0 Å². The number of nitro benzene ring substituents is 1. The van der Waals surface area contributed by atoms with Crippen LogP contribution in [0.25, 0.3) is 0 Å². The number of nitro groups is 1. The number of aldehydes is 1. The van der Waals surface area contributed by atoms with E-state index in [1.807, 2.05) is 0 Å².